The molecule has 174 valence electrons. The molecule has 9 heteroatoms. The Morgan fingerprint density at radius 2 is 1.69 bits per heavy atom. The third-order valence-corrected chi connectivity index (χ3v) is 5.66. The summed E-state index contributed by atoms with van der Waals surface area (Å²) in [5, 5.41) is 5.74. The van der Waals surface area contributed by atoms with Crippen LogP contribution in [0, 0.1) is 19.8 Å². The van der Waals surface area contributed by atoms with Crippen LogP contribution in [-0.4, -0.2) is 36.7 Å². The van der Waals surface area contributed by atoms with Crippen LogP contribution in [0.15, 0.2) is 61.2 Å². The van der Waals surface area contributed by atoms with Gasteiger partial charge in [-0.25, -0.2) is 15.0 Å². The lowest BCUT2D eigenvalue weighted by Crippen LogP contribution is -2.14. The first-order chi connectivity index (χ1) is 17.0. The zero-order chi connectivity index (χ0) is 24.4. The van der Waals surface area contributed by atoms with Crippen LogP contribution in [-0.2, 0) is 4.79 Å². The van der Waals surface area contributed by atoms with Crippen LogP contribution in [0.25, 0.3) is 22.6 Å². The SMILES string of the molecule is Cc1cc(C(=O)Nc2cnc(C)c(-c3nccc(-c4ccnc(NC(=O)C5CC5)c4)n3)c2)ccn1. The highest BCUT2D eigenvalue weighted by atomic mass is 16.2. The van der Waals surface area contributed by atoms with Crippen molar-refractivity contribution in [2.45, 2.75) is 26.7 Å². The average molecular weight is 466 g/mol. The lowest BCUT2D eigenvalue weighted by Gasteiger charge is -2.10. The molecule has 4 heterocycles. The van der Waals surface area contributed by atoms with E-state index in [-0.39, 0.29) is 17.7 Å². The predicted octanol–water partition coefficient (Wildman–Crippen LogP) is 4.21. The maximum atomic E-state index is 12.7. The molecule has 9 nitrogen and oxygen atoms in total. The van der Waals surface area contributed by atoms with Crippen LogP contribution in [0.4, 0.5) is 11.5 Å². The number of pyridine rings is 3. The lowest BCUT2D eigenvalue weighted by molar-refractivity contribution is -0.117. The fourth-order valence-corrected chi connectivity index (χ4v) is 3.60. The quantitative estimate of drug-likeness (QED) is 0.437. The third kappa shape index (κ3) is 5.19. The van der Waals surface area contributed by atoms with E-state index in [9.17, 15) is 9.59 Å². The molecular formula is C26H23N7O2. The average Bonchev–Trinajstić information content (AvgIpc) is 3.71. The topological polar surface area (TPSA) is 123 Å². The molecule has 1 saturated carbocycles. The second-order valence-electron chi connectivity index (χ2n) is 8.46. The molecule has 0 atom stereocenters. The van der Waals surface area contributed by atoms with Crippen LogP contribution in [0.1, 0.15) is 34.6 Å². The van der Waals surface area contributed by atoms with Gasteiger partial charge in [0.25, 0.3) is 5.91 Å². The third-order valence-electron chi connectivity index (χ3n) is 5.66. The highest BCUT2D eigenvalue weighted by Crippen LogP contribution is 2.30. The van der Waals surface area contributed by atoms with Gasteiger partial charge in [0.1, 0.15) is 5.82 Å². The van der Waals surface area contributed by atoms with Gasteiger partial charge in [0.2, 0.25) is 5.91 Å². The van der Waals surface area contributed by atoms with Crippen molar-refractivity contribution in [3.63, 3.8) is 0 Å². The van der Waals surface area contributed by atoms with Crippen molar-refractivity contribution in [3.8, 4) is 22.6 Å². The van der Waals surface area contributed by atoms with E-state index in [0.717, 1.165) is 29.8 Å². The van der Waals surface area contributed by atoms with E-state index >= 15 is 0 Å². The number of nitrogens with zero attached hydrogens (tertiary/aromatic N) is 5. The molecule has 2 N–H and O–H groups in total. The Morgan fingerprint density at radius 1 is 0.886 bits per heavy atom. The summed E-state index contributed by atoms with van der Waals surface area (Å²) in [6, 6.07) is 10.6. The van der Waals surface area contributed by atoms with Crippen molar-refractivity contribution < 1.29 is 9.59 Å². The molecule has 0 aromatic carbocycles. The summed E-state index contributed by atoms with van der Waals surface area (Å²) in [6.07, 6.45) is 8.37. The van der Waals surface area contributed by atoms with Crippen molar-refractivity contribution >= 4 is 23.3 Å². The summed E-state index contributed by atoms with van der Waals surface area (Å²) in [5.41, 5.74) is 4.72. The number of nitrogens with one attached hydrogen (secondary N) is 2. The molecule has 4 aromatic heterocycles. The van der Waals surface area contributed by atoms with E-state index in [1.165, 1.54) is 0 Å². The minimum atomic E-state index is -0.251. The number of aromatic nitrogens is 5. The van der Waals surface area contributed by atoms with E-state index in [2.05, 4.69) is 30.6 Å². The summed E-state index contributed by atoms with van der Waals surface area (Å²) in [6.45, 7) is 3.70. The molecule has 35 heavy (non-hydrogen) atoms. The zero-order valence-electron chi connectivity index (χ0n) is 19.3. The Morgan fingerprint density at radius 3 is 2.49 bits per heavy atom. The Hall–Kier alpha value is -4.53. The molecule has 2 amide bonds. The number of hydrogen-bond acceptors (Lipinski definition) is 7. The van der Waals surface area contributed by atoms with Crippen molar-refractivity contribution in [1.29, 1.82) is 0 Å². The second-order valence-corrected chi connectivity index (χ2v) is 8.46. The van der Waals surface area contributed by atoms with E-state index < -0.39 is 0 Å². The fourth-order valence-electron chi connectivity index (χ4n) is 3.60. The van der Waals surface area contributed by atoms with E-state index in [1.54, 1.807) is 55.1 Å². The van der Waals surface area contributed by atoms with Gasteiger partial charge in [-0.15, -0.1) is 0 Å². The first kappa shape index (κ1) is 22.3. The van der Waals surface area contributed by atoms with Gasteiger partial charge in [-0.05, 0) is 63.1 Å². The fraction of sp³-hybridized carbons (Fsp3) is 0.192. The molecule has 1 aliphatic rings. The molecule has 0 aliphatic heterocycles. The van der Waals surface area contributed by atoms with Crippen molar-refractivity contribution in [2.75, 3.05) is 10.6 Å². The molecule has 1 fully saturated rings. The highest BCUT2D eigenvalue weighted by Gasteiger charge is 2.29. The first-order valence-electron chi connectivity index (χ1n) is 11.3. The number of carbonyl (C=O) groups is 2. The minimum Gasteiger partial charge on any atom is -0.321 e. The molecule has 0 spiro atoms. The Balaban J connectivity index is 1.40. The van der Waals surface area contributed by atoms with Crippen LogP contribution in [0.5, 0.6) is 0 Å². The van der Waals surface area contributed by atoms with Crippen LogP contribution >= 0.6 is 0 Å². The largest absolute Gasteiger partial charge is 0.321 e. The molecule has 0 bridgehead atoms. The summed E-state index contributed by atoms with van der Waals surface area (Å²) in [7, 11) is 0. The number of carbonyl (C=O) groups excluding carboxylic acids is 2. The Kier molecular flexibility index (Phi) is 5.97. The highest BCUT2D eigenvalue weighted by molar-refractivity contribution is 6.04. The number of anilines is 2. The summed E-state index contributed by atoms with van der Waals surface area (Å²) in [5.74, 6) is 0.814. The monoisotopic (exact) mass is 465 g/mol. The molecule has 1 aliphatic carbocycles. The smallest absolute Gasteiger partial charge is 0.255 e. The van der Waals surface area contributed by atoms with Gasteiger partial charge in [0.15, 0.2) is 5.82 Å². The maximum Gasteiger partial charge on any atom is 0.255 e. The van der Waals surface area contributed by atoms with Crippen molar-refractivity contribution in [3.05, 3.63) is 78.1 Å². The molecule has 5 rings (SSSR count). The van der Waals surface area contributed by atoms with Crippen LogP contribution < -0.4 is 10.6 Å². The van der Waals surface area contributed by atoms with Gasteiger partial charge in [0, 0.05) is 52.6 Å². The zero-order valence-corrected chi connectivity index (χ0v) is 19.3. The number of amides is 2. The van der Waals surface area contributed by atoms with Gasteiger partial charge < -0.3 is 10.6 Å². The number of hydrogen-bond donors (Lipinski definition) is 2. The van der Waals surface area contributed by atoms with Gasteiger partial charge in [-0.2, -0.15) is 0 Å². The Labute approximate surface area is 202 Å². The minimum absolute atomic E-state index is 0.000476. The first-order valence-corrected chi connectivity index (χ1v) is 11.3. The lowest BCUT2D eigenvalue weighted by atomic mass is 10.1. The molecule has 4 aromatic rings. The molecule has 0 unspecified atom stereocenters. The normalized spacial score (nSPS) is 12.7. The summed E-state index contributed by atoms with van der Waals surface area (Å²) < 4.78 is 0. The van der Waals surface area contributed by atoms with Gasteiger partial charge >= 0.3 is 0 Å². The summed E-state index contributed by atoms with van der Waals surface area (Å²) in [4.78, 5) is 46.7. The van der Waals surface area contributed by atoms with Gasteiger partial charge in [-0.3, -0.25) is 19.6 Å². The van der Waals surface area contributed by atoms with Crippen LogP contribution in [0.3, 0.4) is 0 Å². The number of rotatable bonds is 6. The van der Waals surface area contributed by atoms with Gasteiger partial charge in [0.05, 0.1) is 17.6 Å². The maximum absolute atomic E-state index is 12.7. The van der Waals surface area contributed by atoms with Crippen molar-refractivity contribution in [1.82, 2.24) is 24.9 Å². The molecule has 0 saturated heterocycles. The number of aryl methyl sites for hydroxylation is 2. The van der Waals surface area contributed by atoms with E-state index in [1.807, 2.05) is 19.9 Å². The van der Waals surface area contributed by atoms with Crippen LogP contribution in [0.2, 0.25) is 0 Å². The molecular weight excluding hydrogens is 442 g/mol. The van der Waals surface area contributed by atoms with Crippen molar-refractivity contribution in [2.24, 2.45) is 5.92 Å². The summed E-state index contributed by atoms with van der Waals surface area (Å²) >= 11 is 0. The van der Waals surface area contributed by atoms with Gasteiger partial charge in [-0.1, -0.05) is 0 Å². The predicted molar refractivity (Wildman–Crippen MR) is 132 cm³/mol. The second kappa shape index (κ2) is 9.38. The Bertz CT molecular complexity index is 1430. The van der Waals surface area contributed by atoms with E-state index in [4.69, 9.17) is 4.98 Å². The van der Waals surface area contributed by atoms with E-state index in [0.29, 0.717) is 34.2 Å². The standard InChI is InChI=1S/C26H23N7O2/c1-15-11-19(6-8-27-15)26(35)31-20-13-21(16(2)30-14-20)24-29-10-7-22(32-24)18-5-9-28-23(12-18)33-25(34)17-3-4-17/h5-14,17H,3-4H2,1-2H3,(H,31,35)(H,28,33,34). The molecule has 0 radical (unpaired) electrons.